The van der Waals surface area contributed by atoms with Crippen LogP contribution in [0.2, 0.25) is 0 Å². The van der Waals surface area contributed by atoms with Gasteiger partial charge >= 0.3 is 12.3 Å². The SMILES string of the molecule is COc1cc2c(cc1NC(=O)C1CCN(C(=O)OCC(F)(F)F)CC1)oc1ccccc12. The normalized spacial score (nSPS) is 15.2. The van der Waals surface area contributed by atoms with Crippen molar-refractivity contribution in [1.29, 1.82) is 0 Å². The fourth-order valence-corrected chi connectivity index (χ4v) is 3.81. The molecule has 2 heterocycles. The Kier molecular flexibility index (Phi) is 5.86. The fourth-order valence-electron chi connectivity index (χ4n) is 3.81. The lowest BCUT2D eigenvalue weighted by atomic mass is 9.96. The van der Waals surface area contributed by atoms with Crippen molar-refractivity contribution in [3.05, 3.63) is 36.4 Å². The number of piperidine rings is 1. The number of carbonyl (C=O) groups is 2. The number of anilines is 1. The van der Waals surface area contributed by atoms with Crippen molar-refractivity contribution in [2.45, 2.75) is 19.0 Å². The number of benzene rings is 2. The molecule has 0 aliphatic carbocycles. The van der Waals surface area contributed by atoms with Gasteiger partial charge < -0.3 is 24.1 Å². The highest BCUT2D eigenvalue weighted by Crippen LogP contribution is 2.36. The van der Waals surface area contributed by atoms with Crippen LogP contribution in [0.4, 0.5) is 23.7 Å². The van der Waals surface area contributed by atoms with Crippen molar-refractivity contribution in [2.24, 2.45) is 5.92 Å². The molecule has 7 nitrogen and oxygen atoms in total. The largest absolute Gasteiger partial charge is 0.495 e. The van der Waals surface area contributed by atoms with Crippen LogP contribution in [-0.2, 0) is 9.53 Å². The Hall–Kier alpha value is -3.43. The molecule has 0 saturated carbocycles. The lowest BCUT2D eigenvalue weighted by molar-refractivity contribution is -0.162. The molecule has 1 aliphatic heterocycles. The second kappa shape index (κ2) is 8.60. The lowest BCUT2D eigenvalue weighted by Gasteiger charge is -2.30. The van der Waals surface area contributed by atoms with Crippen LogP contribution in [0.5, 0.6) is 5.75 Å². The molecule has 0 bridgehead atoms. The molecule has 170 valence electrons. The van der Waals surface area contributed by atoms with Gasteiger partial charge in [0.15, 0.2) is 6.61 Å². The molecule has 1 saturated heterocycles. The van der Waals surface area contributed by atoms with E-state index in [-0.39, 0.29) is 19.0 Å². The highest BCUT2D eigenvalue weighted by atomic mass is 19.4. The van der Waals surface area contributed by atoms with Gasteiger partial charge in [-0.1, -0.05) is 18.2 Å². The first-order chi connectivity index (χ1) is 15.2. The van der Waals surface area contributed by atoms with Crippen LogP contribution in [0.1, 0.15) is 12.8 Å². The molecule has 1 aliphatic rings. The summed E-state index contributed by atoms with van der Waals surface area (Å²) in [5.41, 5.74) is 1.78. The van der Waals surface area contributed by atoms with Crippen molar-refractivity contribution in [2.75, 3.05) is 32.1 Å². The van der Waals surface area contributed by atoms with E-state index in [2.05, 4.69) is 10.1 Å². The number of carbonyl (C=O) groups excluding carboxylic acids is 2. The van der Waals surface area contributed by atoms with Gasteiger partial charge in [0.25, 0.3) is 0 Å². The number of halogens is 3. The summed E-state index contributed by atoms with van der Waals surface area (Å²) in [4.78, 5) is 25.7. The van der Waals surface area contributed by atoms with Crippen LogP contribution in [0.3, 0.4) is 0 Å². The standard InChI is InChI=1S/C22H21F3N2O5/c1-30-19-10-15-14-4-2-3-5-17(14)32-18(15)11-16(19)26-20(28)13-6-8-27(9-7-13)21(29)31-12-22(23,24)25/h2-5,10-11,13H,6-9,12H2,1H3,(H,26,28). The zero-order valence-electron chi connectivity index (χ0n) is 17.2. The summed E-state index contributed by atoms with van der Waals surface area (Å²) in [5.74, 6) is -0.189. The Morgan fingerprint density at radius 2 is 1.84 bits per heavy atom. The molecule has 0 radical (unpaired) electrons. The van der Waals surface area contributed by atoms with Crippen LogP contribution in [0.25, 0.3) is 21.9 Å². The van der Waals surface area contributed by atoms with Gasteiger partial charge in [-0.05, 0) is 25.0 Å². The predicted molar refractivity (Wildman–Crippen MR) is 111 cm³/mol. The third-order valence-corrected chi connectivity index (χ3v) is 5.44. The average molecular weight is 450 g/mol. The maximum atomic E-state index is 12.8. The molecular weight excluding hydrogens is 429 g/mol. The molecule has 10 heteroatoms. The molecule has 1 aromatic heterocycles. The summed E-state index contributed by atoms with van der Waals surface area (Å²) in [5, 5.41) is 4.65. The monoisotopic (exact) mass is 450 g/mol. The molecule has 1 fully saturated rings. The summed E-state index contributed by atoms with van der Waals surface area (Å²) >= 11 is 0. The van der Waals surface area contributed by atoms with E-state index in [0.717, 1.165) is 16.4 Å². The number of alkyl halides is 3. The Morgan fingerprint density at radius 3 is 2.53 bits per heavy atom. The minimum atomic E-state index is -4.58. The van der Waals surface area contributed by atoms with Gasteiger partial charge in [-0.2, -0.15) is 13.2 Å². The van der Waals surface area contributed by atoms with Crippen LogP contribution >= 0.6 is 0 Å². The van der Waals surface area contributed by atoms with Crippen molar-refractivity contribution >= 4 is 39.6 Å². The molecule has 32 heavy (non-hydrogen) atoms. The number of nitrogens with one attached hydrogen (secondary N) is 1. The first-order valence-electron chi connectivity index (χ1n) is 10.0. The maximum Gasteiger partial charge on any atom is 0.422 e. The lowest BCUT2D eigenvalue weighted by Crippen LogP contribution is -2.42. The van der Waals surface area contributed by atoms with Gasteiger partial charge in [0.1, 0.15) is 16.9 Å². The van der Waals surface area contributed by atoms with Gasteiger partial charge in [-0.15, -0.1) is 0 Å². The molecule has 0 spiro atoms. The van der Waals surface area contributed by atoms with Crippen molar-refractivity contribution < 1.29 is 36.7 Å². The summed E-state index contributed by atoms with van der Waals surface area (Å²) in [6.45, 7) is -1.36. The van der Waals surface area contributed by atoms with E-state index in [9.17, 15) is 22.8 Å². The first kappa shape index (κ1) is 21.8. The molecule has 2 amide bonds. The number of furan rings is 1. The number of fused-ring (bicyclic) bond motifs is 3. The minimum Gasteiger partial charge on any atom is -0.495 e. The van der Waals surface area contributed by atoms with Crippen LogP contribution in [-0.4, -0.2) is 49.9 Å². The molecule has 4 rings (SSSR count). The highest BCUT2D eigenvalue weighted by Gasteiger charge is 2.33. The molecule has 1 N–H and O–H groups in total. The number of para-hydroxylation sites is 1. The van der Waals surface area contributed by atoms with E-state index in [1.807, 2.05) is 24.3 Å². The van der Waals surface area contributed by atoms with Gasteiger partial charge in [-0.25, -0.2) is 4.79 Å². The number of amides is 2. The van der Waals surface area contributed by atoms with E-state index in [1.165, 1.54) is 12.0 Å². The number of ether oxygens (including phenoxy) is 2. The zero-order valence-corrected chi connectivity index (χ0v) is 17.2. The third-order valence-electron chi connectivity index (χ3n) is 5.44. The molecule has 0 atom stereocenters. The first-order valence-corrected chi connectivity index (χ1v) is 10.0. The smallest absolute Gasteiger partial charge is 0.422 e. The Bertz CT molecular complexity index is 1150. The van der Waals surface area contributed by atoms with Gasteiger partial charge in [0, 0.05) is 35.8 Å². The van der Waals surface area contributed by atoms with Gasteiger partial charge in [0.05, 0.1) is 12.8 Å². The van der Waals surface area contributed by atoms with E-state index in [4.69, 9.17) is 9.15 Å². The highest BCUT2D eigenvalue weighted by molar-refractivity contribution is 6.07. The van der Waals surface area contributed by atoms with Crippen LogP contribution < -0.4 is 10.1 Å². The van der Waals surface area contributed by atoms with E-state index in [1.54, 1.807) is 12.1 Å². The van der Waals surface area contributed by atoms with Gasteiger partial charge in [0.2, 0.25) is 5.91 Å². The molecular formula is C22H21F3N2O5. The summed E-state index contributed by atoms with van der Waals surface area (Å²) in [7, 11) is 1.50. The zero-order chi connectivity index (χ0) is 22.9. The Labute approximate surface area is 181 Å². The van der Waals surface area contributed by atoms with Gasteiger partial charge in [-0.3, -0.25) is 4.79 Å². The molecule has 0 unspecified atom stereocenters. The number of nitrogens with zero attached hydrogens (tertiary/aromatic N) is 1. The summed E-state index contributed by atoms with van der Waals surface area (Å²) < 4.78 is 52.2. The second-order valence-corrected chi connectivity index (χ2v) is 7.57. The topological polar surface area (TPSA) is 81.0 Å². The third kappa shape index (κ3) is 4.58. The molecule has 2 aromatic carbocycles. The van der Waals surface area contributed by atoms with E-state index >= 15 is 0 Å². The molecule has 3 aromatic rings. The van der Waals surface area contributed by atoms with E-state index < -0.39 is 24.8 Å². The maximum absolute atomic E-state index is 12.8. The predicted octanol–water partition coefficient (Wildman–Crippen LogP) is 4.94. The summed E-state index contributed by atoms with van der Waals surface area (Å²) in [6, 6.07) is 11.1. The van der Waals surface area contributed by atoms with Crippen molar-refractivity contribution in [3.63, 3.8) is 0 Å². The average Bonchev–Trinajstić information content (AvgIpc) is 3.13. The van der Waals surface area contributed by atoms with Crippen LogP contribution in [0.15, 0.2) is 40.8 Å². The number of likely N-dealkylation sites (tertiary alicyclic amines) is 1. The van der Waals surface area contributed by atoms with Crippen molar-refractivity contribution in [1.82, 2.24) is 4.90 Å². The number of hydrogen-bond donors (Lipinski definition) is 1. The number of methoxy groups -OCH3 is 1. The fraction of sp³-hybridized carbons (Fsp3) is 0.364. The summed E-state index contributed by atoms with van der Waals surface area (Å²) in [6.07, 6.45) is -4.99. The van der Waals surface area contributed by atoms with E-state index in [0.29, 0.717) is 29.9 Å². The minimum absolute atomic E-state index is 0.133. The van der Waals surface area contributed by atoms with Crippen molar-refractivity contribution in [3.8, 4) is 5.75 Å². The van der Waals surface area contributed by atoms with Crippen LogP contribution in [0, 0.1) is 5.92 Å². The quantitative estimate of drug-likeness (QED) is 0.609. The number of hydrogen-bond acceptors (Lipinski definition) is 5. The number of rotatable bonds is 4. The Balaban J connectivity index is 1.42. The second-order valence-electron chi connectivity index (χ2n) is 7.57. The Morgan fingerprint density at radius 1 is 1.12 bits per heavy atom.